The van der Waals surface area contributed by atoms with Gasteiger partial charge in [0.1, 0.15) is 5.01 Å². The Morgan fingerprint density at radius 1 is 1.37 bits per heavy atom. The summed E-state index contributed by atoms with van der Waals surface area (Å²) in [6.07, 6.45) is 4.84. The van der Waals surface area contributed by atoms with Crippen LogP contribution in [0.4, 0.5) is 0 Å². The zero-order valence-corrected chi connectivity index (χ0v) is 12.2. The van der Waals surface area contributed by atoms with Gasteiger partial charge in [-0.1, -0.05) is 29.8 Å². The van der Waals surface area contributed by atoms with Crippen molar-refractivity contribution in [2.45, 2.75) is 0 Å². The van der Waals surface area contributed by atoms with E-state index in [2.05, 4.69) is 4.98 Å². The van der Waals surface area contributed by atoms with E-state index in [1.165, 1.54) is 17.4 Å². The Bertz CT molecular complexity index is 619. The van der Waals surface area contributed by atoms with Gasteiger partial charge in [0.25, 0.3) is 0 Å². The normalized spacial score (nSPS) is 10.9. The van der Waals surface area contributed by atoms with Gasteiger partial charge in [0, 0.05) is 38.1 Å². The quantitative estimate of drug-likeness (QED) is 0.636. The maximum absolute atomic E-state index is 11.9. The van der Waals surface area contributed by atoms with E-state index in [0.29, 0.717) is 9.90 Å². The van der Waals surface area contributed by atoms with E-state index in [9.17, 15) is 4.79 Å². The van der Waals surface area contributed by atoms with E-state index in [4.69, 9.17) is 11.6 Å². The largest absolute Gasteiger partial charge is 0.383 e. The lowest BCUT2D eigenvalue weighted by Crippen LogP contribution is -2.02. The molecule has 0 radical (unpaired) electrons. The second kappa shape index (κ2) is 5.99. The lowest BCUT2D eigenvalue weighted by Gasteiger charge is -2.01. The summed E-state index contributed by atoms with van der Waals surface area (Å²) < 4.78 is 0. The first-order chi connectivity index (χ1) is 9.08. The number of ketones is 1. The van der Waals surface area contributed by atoms with Crippen LogP contribution in [0.1, 0.15) is 9.67 Å². The van der Waals surface area contributed by atoms with Crippen molar-refractivity contribution in [3.05, 3.63) is 52.6 Å². The predicted octanol–water partition coefficient (Wildman–Crippen LogP) is 3.72. The third-order valence-electron chi connectivity index (χ3n) is 2.38. The molecule has 0 atom stereocenters. The lowest BCUT2D eigenvalue weighted by atomic mass is 10.2. The molecule has 3 nitrogen and oxygen atoms in total. The SMILES string of the molecule is CN(C)/C=C/C(=O)c1cnc(-c2ccccc2Cl)s1. The van der Waals surface area contributed by atoms with Crippen molar-refractivity contribution in [1.82, 2.24) is 9.88 Å². The molecule has 0 unspecified atom stereocenters. The first-order valence-corrected chi connectivity index (χ1v) is 6.87. The van der Waals surface area contributed by atoms with Gasteiger partial charge in [0.15, 0.2) is 5.78 Å². The smallest absolute Gasteiger partial charge is 0.198 e. The Morgan fingerprint density at radius 2 is 2.11 bits per heavy atom. The van der Waals surface area contributed by atoms with Crippen molar-refractivity contribution >= 4 is 28.7 Å². The Labute approximate surface area is 121 Å². The number of rotatable bonds is 4. The molecule has 98 valence electrons. The number of carbonyl (C=O) groups excluding carboxylic acids is 1. The molecule has 0 aliphatic carbocycles. The average Bonchev–Trinajstić information content (AvgIpc) is 2.86. The highest BCUT2D eigenvalue weighted by molar-refractivity contribution is 7.17. The predicted molar refractivity (Wildman–Crippen MR) is 79.7 cm³/mol. The van der Waals surface area contributed by atoms with Crippen LogP contribution >= 0.6 is 22.9 Å². The van der Waals surface area contributed by atoms with Gasteiger partial charge in [-0.2, -0.15) is 0 Å². The van der Waals surface area contributed by atoms with Crippen molar-refractivity contribution < 1.29 is 4.79 Å². The molecule has 19 heavy (non-hydrogen) atoms. The lowest BCUT2D eigenvalue weighted by molar-refractivity contribution is 0.104. The number of nitrogens with zero attached hydrogens (tertiary/aromatic N) is 2. The van der Waals surface area contributed by atoms with Gasteiger partial charge in [-0.15, -0.1) is 11.3 Å². The number of halogens is 1. The van der Waals surface area contributed by atoms with Crippen LogP contribution in [-0.2, 0) is 0 Å². The van der Waals surface area contributed by atoms with Crippen LogP contribution in [0.25, 0.3) is 10.6 Å². The topological polar surface area (TPSA) is 33.2 Å². The van der Waals surface area contributed by atoms with Gasteiger partial charge in [0.05, 0.1) is 9.90 Å². The summed E-state index contributed by atoms with van der Waals surface area (Å²) in [5, 5.41) is 1.40. The van der Waals surface area contributed by atoms with Crippen molar-refractivity contribution in [3.63, 3.8) is 0 Å². The second-order valence-electron chi connectivity index (χ2n) is 4.15. The van der Waals surface area contributed by atoms with Crippen LogP contribution in [0.15, 0.2) is 42.7 Å². The van der Waals surface area contributed by atoms with E-state index in [-0.39, 0.29) is 5.78 Å². The Balaban J connectivity index is 2.25. The van der Waals surface area contributed by atoms with Crippen LogP contribution in [-0.4, -0.2) is 29.8 Å². The molecule has 0 saturated heterocycles. The molecule has 0 aliphatic heterocycles. The fourth-order valence-corrected chi connectivity index (χ4v) is 2.60. The number of allylic oxidation sites excluding steroid dienone is 1. The number of hydrogen-bond acceptors (Lipinski definition) is 4. The van der Waals surface area contributed by atoms with Crippen LogP contribution in [0.2, 0.25) is 5.02 Å². The van der Waals surface area contributed by atoms with Crippen LogP contribution in [0.3, 0.4) is 0 Å². The Kier molecular flexibility index (Phi) is 4.35. The fraction of sp³-hybridized carbons (Fsp3) is 0.143. The highest BCUT2D eigenvalue weighted by Gasteiger charge is 2.11. The van der Waals surface area contributed by atoms with Crippen LogP contribution in [0.5, 0.6) is 0 Å². The van der Waals surface area contributed by atoms with Gasteiger partial charge in [-0.05, 0) is 6.07 Å². The van der Waals surface area contributed by atoms with Crippen molar-refractivity contribution in [2.24, 2.45) is 0 Å². The summed E-state index contributed by atoms with van der Waals surface area (Å²) in [6, 6.07) is 7.47. The Hall–Kier alpha value is -1.65. The van der Waals surface area contributed by atoms with E-state index in [1.54, 1.807) is 12.4 Å². The summed E-state index contributed by atoms with van der Waals surface area (Å²) >= 11 is 7.46. The van der Waals surface area contributed by atoms with Gasteiger partial charge >= 0.3 is 0 Å². The zero-order valence-electron chi connectivity index (χ0n) is 10.6. The van der Waals surface area contributed by atoms with E-state index >= 15 is 0 Å². The second-order valence-corrected chi connectivity index (χ2v) is 5.59. The minimum absolute atomic E-state index is 0.0514. The van der Waals surface area contributed by atoms with Gasteiger partial charge in [-0.25, -0.2) is 4.98 Å². The molecule has 2 rings (SSSR count). The first kappa shape index (κ1) is 13.8. The number of carbonyl (C=O) groups is 1. The number of benzene rings is 1. The van der Waals surface area contributed by atoms with E-state index in [1.807, 2.05) is 43.3 Å². The third-order valence-corrected chi connectivity index (χ3v) is 3.75. The first-order valence-electron chi connectivity index (χ1n) is 5.67. The molecule has 0 fully saturated rings. The maximum atomic E-state index is 11.9. The molecule has 0 aliphatic rings. The molecule has 0 saturated carbocycles. The highest BCUT2D eigenvalue weighted by Crippen LogP contribution is 2.31. The van der Waals surface area contributed by atoms with E-state index < -0.39 is 0 Å². The van der Waals surface area contributed by atoms with Crippen molar-refractivity contribution in [1.29, 1.82) is 0 Å². The molecule has 0 N–H and O–H groups in total. The summed E-state index contributed by atoms with van der Waals surface area (Å²) in [6.45, 7) is 0. The maximum Gasteiger partial charge on any atom is 0.198 e. The Morgan fingerprint density at radius 3 is 2.79 bits per heavy atom. The molecule has 5 heteroatoms. The summed E-state index contributed by atoms with van der Waals surface area (Å²) in [7, 11) is 3.73. The van der Waals surface area contributed by atoms with E-state index in [0.717, 1.165) is 10.6 Å². The molecule has 0 spiro atoms. The van der Waals surface area contributed by atoms with Crippen molar-refractivity contribution in [2.75, 3.05) is 14.1 Å². The van der Waals surface area contributed by atoms with Crippen LogP contribution in [0, 0.1) is 0 Å². The minimum Gasteiger partial charge on any atom is -0.383 e. The number of hydrogen-bond donors (Lipinski definition) is 0. The molecular weight excluding hydrogens is 280 g/mol. The molecule has 1 aromatic heterocycles. The molecule has 0 amide bonds. The molecule has 0 bridgehead atoms. The summed E-state index contributed by atoms with van der Waals surface area (Å²) in [5.74, 6) is -0.0514. The molecule has 1 heterocycles. The van der Waals surface area contributed by atoms with Crippen molar-refractivity contribution in [3.8, 4) is 10.6 Å². The molecular formula is C14H13ClN2OS. The van der Waals surface area contributed by atoms with Gasteiger partial charge in [-0.3, -0.25) is 4.79 Å². The monoisotopic (exact) mass is 292 g/mol. The van der Waals surface area contributed by atoms with Crippen LogP contribution < -0.4 is 0 Å². The average molecular weight is 293 g/mol. The fourth-order valence-electron chi connectivity index (χ4n) is 1.45. The van der Waals surface area contributed by atoms with Gasteiger partial charge in [0.2, 0.25) is 0 Å². The van der Waals surface area contributed by atoms with Gasteiger partial charge < -0.3 is 4.90 Å². The summed E-state index contributed by atoms with van der Waals surface area (Å²) in [4.78, 5) is 18.6. The third kappa shape index (κ3) is 3.43. The zero-order chi connectivity index (χ0) is 13.8. The number of thiazole rings is 1. The molecule has 1 aromatic carbocycles. The highest BCUT2D eigenvalue weighted by atomic mass is 35.5. The molecule has 2 aromatic rings. The number of aromatic nitrogens is 1. The minimum atomic E-state index is -0.0514. The summed E-state index contributed by atoms with van der Waals surface area (Å²) in [5.41, 5.74) is 0.852. The standard InChI is InChI=1S/C14H13ClN2OS/c1-17(2)8-7-12(18)13-9-16-14(19-13)10-5-3-4-6-11(10)15/h3-9H,1-2H3/b8-7+.